The largest absolute Gasteiger partial charge is 0.383 e. The van der Waals surface area contributed by atoms with Crippen LogP contribution < -0.4 is 5.73 Å². The molecule has 0 amide bonds. The fourth-order valence-corrected chi connectivity index (χ4v) is 2.72. The molecule has 0 spiro atoms. The van der Waals surface area contributed by atoms with E-state index in [2.05, 4.69) is 16.9 Å². The highest BCUT2D eigenvalue weighted by Crippen LogP contribution is 2.26. The number of aromatic nitrogens is 4. The van der Waals surface area contributed by atoms with E-state index in [1.807, 2.05) is 28.9 Å². The normalized spacial score (nSPS) is 11.2. The lowest BCUT2D eigenvalue weighted by Gasteiger charge is -2.02. The number of unbranched alkanes of at least 4 members (excludes halogenated alkanes) is 1. The second kappa shape index (κ2) is 6.32. The highest BCUT2D eigenvalue weighted by molar-refractivity contribution is 6.31. The van der Waals surface area contributed by atoms with Crippen molar-refractivity contribution in [3.8, 4) is 0 Å². The van der Waals surface area contributed by atoms with E-state index in [1.54, 1.807) is 0 Å². The molecule has 6 heteroatoms. The van der Waals surface area contributed by atoms with Gasteiger partial charge in [-0.05, 0) is 18.1 Å². The van der Waals surface area contributed by atoms with Gasteiger partial charge in [-0.25, -0.2) is 14.6 Å². The number of fused-ring (bicyclic) bond motifs is 1. The number of halogens is 1. The minimum absolute atomic E-state index is 0.467. The summed E-state index contributed by atoms with van der Waals surface area (Å²) >= 11 is 6.26. The van der Waals surface area contributed by atoms with Crippen molar-refractivity contribution in [2.45, 2.75) is 32.7 Å². The van der Waals surface area contributed by atoms with Gasteiger partial charge >= 0.3 is 0 Å². The number of aryl methyl sites for hydroxylation is 1. The van der Waals surface area contributed by atoms with Crippen LogP contribution in [-0.4, -0.2) is 19.7 Å². The minimum Gasteiger partial charge on any atom is -0.383 e. The van der Waals surface area contributed by atoms with Crippen LogP contribution in [0.5, 0.6) is 0 Å². The minimum atomic E-state index is 0.467. The highest BCUT2D eigenvalue weighted by Gasteiger charge is 2.16. The van der Waals surface area contributed by atoms with Crippen molar-refractivity contribution < 1.29 is 0 Å². The van der Waals surface area contributed by atoms with Gasteiger partial charge in [-0.2, -0.15) is 5.10 Å². The Morgan fingerprint density at radius 1 is 1.23 bits per heavy atom. The van der Waals surface area contributed by atoms with Gasteiger partial charge in [0, 0.05) is 18.0 Å². The number of anilines is 1. The topological polar surface area (TPSA) is 69.6 Å². The number of nitrogen functional groups attached to an aromatic ring is 1. The zero-order chi connectivity index (χ0) is 15.5. The summed E-state index contributed by atoms with van der Waals surface area (Å²) in [7, 11) is 0. The summed E-state index contributed by atoms with van der Waals surface area (Å²) in [5.41, 5.74) is 8.74. The summed E-state index contributed by atoms with van der Waals surface area (Å²) in [5.74, 6) is 0.467. The van der Waals surface area contributed by atoms with Gasteiger partial charge in [-0.15, -0.1) is 0 Å². The SMILES string of the molecule is CCCCn1nc(Cc2ccccc2Cl)c2c(N)ncnc21. The lowest BCUT2D eigenvalue weighted by molar-refractivity contribution is 0.578. The van der Waals surface area contributed by atoms with Crippen LogP contribution in [0.25, 0.3) is 11.0 Å². The quantitative estimate of drug-likeness (QED) is 0.783. The van der Waals surface area contributed by atoms with Crippen LogP contribution in [0.4, 0.5) is 5.82 Å². The summed E-state index contributed by atoms with van der Waals surface area (Å²) in [6.45, 7) is 2.98. The van der Waals surface area contributed by atoms with Gasteiger partial charge in [-0.1, -0.05) is 43.1 Å². The van der Waals surface area contributed by atoms with Gasteiger partial charge in [0.25, 0.3) is 0 Å². The Labute approximate surface area is 134 Å². The van der Waals surface area contributed by atoms with E-state index in [0.29, 0.717) is 12.2 Å². The number of hydrogen-bond donors (Lipinski definition) is 1. The standard InChI is InChI=1S/C16H18ClN5/c1-2-3-8-22-16-14(15(18)19-10-20-16)13(21-22)9-11-6-4-5-7-12(11)17/h4-7,10H,2-3,8-9H2,1H3,(H2,18,19,20). The van der Waals surface area contributed by atoms with E-state index < -0.39 is 0 Å². The van der Waals surface area contributed by atoms with E-state index in [4.69, 9.17) is 22.4 Å². The molecule has 0 saturated heterocycles. The summed E-state index contributed by atoms with van der Waals surface area (Å²) in [5, 5.41) is 6.26. The second-order valence-electron chi connectivity index (χ2n) is 5.25. The van der Waals surface area contributed by atoms with E-state index >= 15 is 0 Å². The van der Waals surface area contributed by atoms with E-state index in [0.717, 1.165) is 46.7 Å². The van der Waals surface area contributed by atoms with Gasteiger partial charge in [0.05, 0.1) is 11.1 Å². The maximum Gasteiger partial charge on any atom is 0.163 e. The van der Waals surface area contributed by atoms with Gasteiger partial charge in [-0.3, -0.25) is 0 Å². The molecule has 2 aromatic heterocycles. The Hall–Kier alpha value is -2.14. The summed E-state index contributed by atoms with van der Waals surface area (Å²) < 4.78 is 1.92. The predicted octanol–water partition coefficient (Wildman–Crippen LogP) is 3.45. The lowest BCUT2D eigenvalue weighted by Crippen LogP contribution is -2.02. The fourth-order valence-electron chi connectivity index (χ4n) is 2.51. The van der Waals surface area contributed by atoms with E-state index in [-0.39, 0.29) is 0 Å². The van der Waals surface area contributed by atoms with E-state index in [9.17, 15) is 0 Å². The molecule has 22 heavy (non-hydrogen) atoms. The van der Waals surface area contributed by atoms with Crippen LogP contribution in [-0.2, 0) is 13.0 Å². The van der Waals surface area contributed by atoms with Crippen LogP contribution in [0.3, 0.4) is 0 Å². The highest BCUT2D eigenvalue weighted by atomic mass is 35.5. The third kappa shape index (κ3) is 2.76. The van der Waals surface area contributed by atoms with Gasteiger partial charge in [0.15, 0.2) is 5.65 Å². The molecule has 0 saturated carbocycles. The molecule has 114 valence electrons. The molecular formula is C16H18ClN5. The van der Waals surface area contributed by atoms with Crippen LogP contribution >= 0.6 is 11.6 Å². The first-order valence-electron chi connectivity index (χ1n) is 7.40. The second-order valence-corrected chi connectivity index (χ2v) is 5.66. The molecule has 0 unspecified atom stereocenters. The first-order valence-corrected chi connectivity index (χ1v) is 7.77. The zero-order valence-electron chi connectivity index (χ0n) is 12.5. The van der Waals surface area contributed by atoms with Crippen molar-refractivity contribution in [1.29, 1.82) is 0 Å². The number of hydrogen-bond acceptors (Lipinski definition) is 4. The Bertz CT molecular complexity index is 796. The molecule has 3 aromatic rings. The molecule has 0 fully saturated rings. The molecule has 5 nitrogen and oxygen atoms in total. The van der Waals surface area contributed by atoms with Crippen molar-refractivity contribution in [3.63, 3.8) is 0 Å². The molecule has 2 N–H and O–H groups in total. The van der Waals surface area contributed by atoms with Crippen molar-refractivity contribution in [3.05, 3.63) is 46.9 Å². The van der Waals surface area contributed by atoms with Crippen molar-refractivity contribution in [2.75, 3.05) is 5.73 Å². The van der Waals surface area contributed by atoms with Crippen LogP contribution in [0.15, 0.2) is 30.6 Å². The van der Waals surface area contributed by atoms with E-state index in [1.165, 1.54) is 6.33 Å². The van der Waals surface area contributed by atoms with Crippen molar-refractivity contribution in [2.24, 2.45) is 0 Å². The number of nitrogens with zero attached hydrogens (tertiary/aromatic N) is 4. The maximum absolute atomic E-state index is 6.26. The predicted molar refractivity (Wildman–Crippen MR) is 88.9 cm³/mol. The van der Waals surface area contributed by atoms with Crippen LogP contribution in [0.2, 0.25) is 5.02 Å². The van der Waals surface area contributed by atoms with Crippen LogP contribution in [0, 0.1) is 0 Å². The summed E-state index contributed by atoms with van der Waals surface area (Å²) in [6.07, 6.45) is 4.25. The lowest BCUT2D eigenvalue weighted by atomic mass is 10.1. The Kier molecular flexibility index (Phi) is 4.24. The monoisotopic (exact) mass is 315 g/mol. The van der Waals surface area contributed by atoms with Crippen molar-refractivity contribution in [1.82, 2.24) is 19.7 Å². The molecule has 0 bridgehead atoms. The molecule has 0 atom stereocenters. The van der Waals surface area contributed by atoms with Crippen LogP contribution in [0.1, 0.15) is 31.0 Å². The van der Waals surface area contributed by atoms with Crippen molar-refractivity contribution >= 4 is 28.5 Å². The molecule has 0 radical (unpaired) electrons. The molecule has 0 aliphatic rings. The fraction of sp³-hybridized carbons (Fsp3) is 0.312. The Morgan fingerprint density at radius 2 is 2.05 bits per heavy atom. The van der Waals surface area contributed by atoms with Gasteiger partial charge in [0.1, 0.15) is 12.1 Å². The molecule has 0 aliphatic heterocycles. The smallest absolute Gasteiger partial charge is 0.163 e. The number of rotatable bonds is 5. The average molecular weight is 316 g/mol. The first kappa shape index (κ1) is 14.8. The number of benzene rings is 1. The molecule has 2 heterocycles. The average Bonchev–Trinajstić information content (AvgIpc) is 2.87. The summed E-state index contributed by atoms with van der Waals surface area (Å²) in [6, 6.07) is 7.77. The zero-order valence-corrected chi connectivity index (χ0v) is 13.2. The third-order valence-electron chi connectivity index (χ3n) is 3.67. The molecule has 0 aliphatic carbocycles. The molecule has 3 rings (SSSR count). The third-order valence-corrected chi connectivity index (χ3v) is 4.04. The first-order chi connectivity index (χ1) is 10.7. The molecular weight excluding hydrogens is 298 g/mol. The molecule has 1 aromatic carbocycles. The maximum atomic E-state index is 6.26. The van der Waals surface area contributed by atoms with Gasteiger partial charge < -0.3 is 5.73 Å². The van der Waals surface area contributed by atoms with Gasteiger partial charge in [0.2, 0.25) is 0 Å². The summed E-state index contributed by atoms with van der Waals surface area (Å²) in [4.78, 5) is 8.46. The Morgan fingerprint density at radius 3 is 2.82 bits per heavy atom. The Balaban J connectivity index is 2.07. The number of nitrogens with two attached hydrogens (primary N) is 1.